The Morgan fingerprint density at radius 3 is 2.00 bits per heavy atom. The topological polar surface area (TPSA) is 40.6 Å². The lowest BCUT2D eigenvalue weighted by atomic mass is 10.2. The van der Waals surface area contributed by atoms with Crippen LogP contribution in [0.3, 0.4) is 0 Å². The Bertz CT molecular complexity index is 852. The second kappa shape index (κ2) is 9.11. The Labute approximate surface area is 175 Å². The van der Waals surface area contributed by atoms with Crippen LogP contribution >= 0.6 is 47.2 Å². The van der Waals surface area contributed by atoms with Gasteiger partial charge < -0.3 is 0 Å². The predicted molar refractivity (Wildman–Crippen MR) is 109 cm³/mol. The van der Waals surface area contributed by atoms with Crippen molar-refractivity contribution in [2.75, 3.05) is 26.2 Å². The van der Waals surface area contributed by atoms with Crippen LogP contribution in [0.2, 0.25) is 15.1 Å². The van der Waals surface area contributed by atoms with Gasteiger partial charge in [0.15, 0.2) is 0 Å². The van der Waals surface area contributed by atoms with E-state index in [4.69, 9.17) is 34.8 Å². The maximum atomic E-state index is 12.7. The summed E-state index contributed by atoms with van der Waals surface area (Å²) in [6.45, 7) is 2.84. The van der Waals surface area contributed by atoms with E-state index < -0.39 is 10.0 Å². The fourth-order valence-corrected chi connectivity index (χ4v) is 4.79. The van der Waals surface area contributed by atoms with E-state index in [1.54, 1.807) is 18.2 Å². The fourth-order valence-electron chi connectivity index (χ4n) is 2.77. The third kappa shape index (κ3) is 5.04. The molecule has 1 heterocycles. The van der Waals surface area contributed by atoms with Crippen molar-refractivity contribution in [3.05, 3.63) is 63.1 Å². The number of nitrogens with zero attached hydrogens (tertiary/aromatic N) is 2. The molecule has 0 unspecified atom stereocenters. The van der Waals surface area contributed by atoms with E-state index in [0.717, 1.165) is 5.56 Å². The Morgan fingerprint density at radius 2 is 1.42 bits per heavy atom. The van der Waals surface area contributed by atoms with Gasteiger partial charge in [0.25, 0.3) is 0 Å². The Hall–Kier alpha value is -0.530. The monoisotopic (exact) mass is 454 g/mol. The molecule has 1 fully saturated rings. The number of benzene rings is 2. The average Bonchev–Trinajstić information content (AvgIpc) is 2.58. The van der Waals surface area contributed by atoms with Crippen molar-refractivity contribution in [2.45, 2.75) is 11.4 Å². The maximum Gasteiger partial charge on any atom is 0.243 e. The third-order valence-corrected chi connectivity index (χ3v) is 6.94. The summed E-state index contributed by atoms with van der Waals surface area (Å²) < 4.78 is 26.9. The molecule has 1 saturated heterocycles. The average molecular weight is 456 g/mol. The smallest absolute Gasteiger partial charge is 0.243 e. The highest BCUT2D eigenvalue weighted by Gasteiger charge is 2.28. The summed E-state index contributed by atoms with van der Waals surface area (Å²) in [5, 5.41) is 1.75. The number of hydrogen-bond donors (Lipinski definition) is 0. The van der Waals surface area contributed by atoms with Gasteiger partial charge in [-0.05, 0) is 42.0 Å². The lowest BCUT2D eigenvalue weighted by molar-refractivity contribution is 0.181. The summed E-state index contributed by atoms with van der Waals surface area (Å²) in [7, 11) is -3.48. The van der Waals surface area contributed by atoms with Gasteiger partial charge in [0, 0.05) is 47.8 Å². The molecule has 9 heteroatoms. The summed E-state index contributed by atoms with van der Waals surface area (Å²) in [5.74, 6) is 0. The molecule has 142 valence electrons. The molecule has 0 atom stereocenters. The summed E-state index contributed by atoms with van der Waals surface area (Å²) in [6.07, 6.45) is 0. The molecule has 26 heavy (non-hydrogen) atoms. The minimum atomic E-state index is -3.48. The van der Waals surface area contributed by atoms with Crippen LogP contribution in [0, 0.1) is 0 Å². The second-order valence-corrected chi connectivity index (χ2v) is 9.09. The molecule has 0 radical (unpaired) electrons. The number of sulfonamides is 1. The van der Waals surface area contributed by atoms with Gasteiger partial charge in [-0.15, -0.1) is 12.4 Å². The van der Waals surface area contributed by atoms with Crippen molar-refractivity contribution in [2.24, 2.45) is 0 Å². The Morgan fingerprint density at radius 1 is 0.846 bits per heavy atom. The van der Waals surface area contributed by atoms with Crippen molar-refractivity contribution in [1.29, 1.82) is 0 Å². The van der Waals surface area contributed by atoms with Crippen LogP contribution in [0.4, 0.5) is 0 Å². The normalized spacial score (nSPS) is 16.3. The molecule has 0 saturated carbocycles. The lowest BCUT2D eigenvalue weighted by Crippen LogP contribution is -2.48. The Kier molecular flexibility index (Phi) is 7.62. The first-order chi connectivity index (χ1) is 11.9. The van der Waals surface area contributed by atoms with Crippen LogP contribution in [0.25, 0.3) is 0 Å². The Balaban J connectivity index is 0.00000243. The van der Waals surface area contributed by atoms with Crippen LogP contribution in [0.5, 0.6) is 0 Å². The number of halogens is 4. The van der Waals surface area contributed by atoms with Crippen LogP contribution in [-0.2, 0) is 16.6 Å². The fraction of sp³-hybridized carbons (Fsp3) is 0.294. The first-order valence-electron chi connectivity index (χ1n) is 7.78. The molecule has 1 aliphatic rings. The highest BCUT2D eigenvalue weighted by Crippen LogP contribution is 2.24. The summed E-state index contributed by atoms with van der Waals surface area (Å²) >= 11 is 18.0. The van der Waals surface area contributed by atoms with Crippen molar-refractivity contribution in [1.82, 2.24) is 9.21 Å². The molecule has 0 bridgehead atoms. The minimum Gasteiger partial charge on any atom is -0.296 e. The van der Waals surface area contributed by atoms with Gasteiger partial charge in [-0.3, -0.25) is 4.90 Å². The molecule has 3 rings (SSSR count). The molecule has 4 nitrogen and oxygen atoms in total. The molecular weight excluding hydrogens is 438 g/mol. The van der Waals surface area contributed by atoms with Gasteiger partial charge >= 0.3 is 0 Å². The van der Waals surface area contributed by atoms with Gasteiger partial charge in [0.2, 0.25) is 10.0 Å². The zero-order valence-corrected chi connectivity index (χ0v) is 17.6. The van der Waals surface area contributed by atoms with Gasteiger partial charge in [0.05, 0.1) is 4.90 Å². The number of piperazine rings is 1. The third-order valence-electron chi connectivity index (χ3n) is 4.19. The maximum absolute atomic E-state index is 12.7. The molecule has 2 aromatic rings. The molecule has 0 aliphatic carbocycles. The molecule has 0 N–H and O–H groups in total. The molecular formula is C17H18Cl4N2O2S. The van der Waals surface area contributed by atoms with Crippen molar-refractivity contribution in [3.8, 4) is 0 Å². The SMILES string of the molecule is Cl.O=S(=O)(c1ccc(Cl)cc1)N1CCN(Cc2ccc(Cl)cc2Cl)CC1. The van der Waals surface area contributed by atoms with E-state index in [1.807, 2.05) is 12.1 Å². The lowest BCUT2D eigenvalue weighted by Gasteiger charge is -2.34. The minimum absolute atomic E-state index is 0. The van der Waals surface area contributed by atoms with E-state index >= 15 is 0 Å². The summed E-state index contributed by atoms with van der Waals surface area (Å²) in [4.78, 5) is 2.45. The standard InChI is InChI=1S/C17H17Cl3N2O2S.ClH/c18-14-3-5-16(6-4-14)25(23,24)22-9-7-21(8-10-22)12-13-1-2-15(19)11-17(13)20;/h1-6,11H,7-10,12H2;1H. The molecule has 0 amide bonds. The van der Waals surface area contributed by atoms with Crippen molar-refractivity contribution < 1.29 is 8.42 Å². The van der Waals surface area contributed by atoms with Crippen LogP contribution < -0.4 is 0 Å². The highest BCUT2D eigenvalue weighted by molar-refractivity contribution is 7.89. The van der Waals surface area contributed by atoms with E-state index in [1.165, 1.54) is 16.4 Å². The van der Waals surface area contributed by atoms with Gasteiger partial charge in [-0.1, -0.05) is 40.9 Å². The molecule has 1 aliphatic heterocycles. The first kappa shape index (κ1) is 21.8. The van der Waals surface area contributed by atoms with E-state index in [9.17, 15) is 8.42 Å². The summed E-state index contributed by atoms with van der Waals surface area (Å²) in [6, 6.07) is 11.7. The largest absolute Gasteiger partial charge is 0.296 e. The van der Waals surface area contributed by atoms with Gasteiger partial charge in [-0.2, -0.15) is 4.31 Å². The molecule has 0 spiro atoms. The van der Waals surface area contributed by atoms with Crippen molar-refractivity contribution in [3.63, 3.8) is 0 Å². The number of rotatable bonds is 4. The van der Waals surface area contributed by atoms with Gasteiger partial charge in [-0.25, -0.2) is 8.42 Å². The zero-order chi connectivity index (χ0) is 18.0. The quantitative estimate of drug-likeness (QED) is 0.677. The van der Waals surface area contributed by atoms with E-state index in [0.29, 0.717) is 47.8 Å². The summed E-state index contributed by atoms with van der Waals surface area (Å²) in [5.41, 5.74) is 0.986. The first-order valence-corrected chi connectivity index (χ1v) is 10.4. The van der Waals surface area contributed by atoms with Crippen LogP contribution in [0.15, 0.2) is 47.4 Å². The van der Waals surface area contributed by atoms with Crippen LogP contribution in [-0.4, -0.2) is 43.8 Å². The highest BCUT2D eigenvalue weighted by atomic mass is 35.5. The molecule has 0 aromatic heterocycles. The zero-order valence-electron chi connectivity index (χ0n) is 13.7. The second-order valence-electron chi connectivity index (χ2n) is 5.87. The number of hydrogen-bond acceptors (Lipinski definition) is 3. The van der Waals surface area contributed by atoms with E-state index in [-0.39, 0.29) is 17.3 Å². The van der Waals surface area contributed by atoms with E-state index in [2.05, 4.69) is 4.90 Å². The predicted octanol–water partition coefficient (Wildman–Crippen LogP) is 4.58. The van der Waals surface area contributed by atoms with Crippen LogP contribution in [0.1, 0.15) is 5.56 Å². The molecule has 2 aromatic carbocycles. The van der Waals surface area contributed by atoms with Gasteiger partial charge in [0.1, 0.15) is 0 Å². The van der Waals surface area contributed by atoms with Crippen molar-refractivity contribution >= 4 is 57.2 Å².